The summed E-state index contributed by atoms with van der Waals surface area (Å²) in [6.45, 7) is 0. The highest BCUT2D eigenvalue weighted by Crippen LogP contribution is 2.00. The van der Waals surface area contributed by atoms with Gasteiger partial charge in [0.1, 0.15) is 0 Å². The van der Waals surface area contributed by atoms with Crippen molar-refractivity contribution in [3.05, 3.63) is 48.0 Å². The number of hydrogen-bond donors (Lipinski definition) is 2. The van der Waals surface area contributed by atoms with Gasteiger partial charge in [0.25, 0.3) is 0 Å². The molecule has 1 aromatic rings. The minimum Gasteiger partial charge on any atom is -0.289 e. The van der Waals surface area contributed by atoms with E-state index in [0.29, 0.717) is 0 Å². The van der Waals surface area contributed by atoms with E-state index in [-0.39, 0.29) is 6.42 Å². The molecule has 0 spiro atoms. The second-order valence-corrected chi connectivity index (χ2v) is 2.90. The fourth-order valence-electron chi connectivity index (χ4n) is 1.07. The summed E-state index contributed by atoms with van der Waals surface area (Å²) in [5, 5.41) is 8.22. The molecule has 0 fully saturated rings. The van der Waals surface area contributed by atoms with E-state index in [1.165, 1.54) is 5.56 Å². The fourth-order valence-corrected chi connectivity index (χ4v) is 1.07. The molecule has 0 saturated heterocycles. The smallest absolute Gasteiger partial charge is 0.247 e. The van der Waals surface area contributed by atoms with Gasteiger partial charge in [-0.2, -0.15) is 0 Å². The average molecular weight is 191 g/mol. The van der Waals surface area contributed by atoms with Gasteiger partial charge in [0.15, 0.2) is 0 Å². The maximum atomic E-state index is 10.6. The van der Waals surface area contributed by atoms with Gasteiger partial charge < -0.3 is 0 Å². The number of hydroxylamine groups is 1. The van der Waals surface area contributed by atoms with Gasteiger partial charge in [0.2, 0.25) is 5.91 Å². The number of hydrogen-bond acceptors (Lipinski definition) is 2. The number of allylic oxidation sites excluding steroid dienone is 1. The predicted molar refractivity (Wildman–Crippen MR) is 53.8 cm³/mol. The van der Waals surface area contributed by atoms with Gasteiger partial charge >= 0.3 is 0 Å². The average Bonchev–Trinajstić information content (AvgIpc) is 2.25. The van der Waals surface area contributed by atoms with Crippen LogP contribution < -0.4 is 5.48 Å². The van der Waals surface area contributed by atoms with Crippen molar-refractivity contribution >= 4 is 5.91 Å². The number of nitrogens with one attached hydrogen (secondary N) is 1. The van der Waals surface area contributed by atoms with Crippen LogP contribution in [0.2, 0.25) is 0 Å². The summed E-state index contributed by atoms with van der Waals surface area (Å²) in [7, 11) is 0. The Morgan fingerprint density at radius 3 is 2.64 bits per heavy atom. The Bertz CT molecular complexity index is 306. The van der Waals surface area contributed by atoms with Crippen LogP contribution in [0.15, 0.2) is 42.5 Å². The van der Waals surface area contributed by atoms with E-state index in [2.05, 4.69) is 0 Å². The Kier molecular flexibility index (Phi) is 4.44. The second kappa shape index (κ2) is 5.94. The summed E-state index contributed by atoms with van der Waals surface area (Å²) >= 11 is 0. The quantitative estimate of drug-likeness (QED) is 0.432. The summed E-state index contributed by atoms with van der Waals surface area (Å²) in [5.74, 6) is -0.394. The molecule has 14 heavy (non-hydrogen) atoms. The molecule has 0 bridgehead atoms. The molecule has 0 aliphatic rings. The van der Waals surface area contributed by atoms with E-state index >= 15 is 0 Å². The first-order chi connectivity index (χ1) is 6.83. The van der Waals surface area contributed by atoms with Crippen molar-refractivity contribution in [1.82, 2.24) is 5.48 Å². The van der Waals surface area contributed by atoms with Gasteiger partial charge in [-0.15, -0.1) is 0 Å². The highest BCUT2D eigenvalue weighted by Gasteiger charge is 1.92. The van der Waals surface area contributed by atoms with Gasteiger partial charge in [0.05, 0.1) is 0 Å². The van der Waals surface area contributed by atoms with E-state index in [9.17, 15) is 4.79 Å². The molecule has 1 rings (SSSR count). The third kappa shape index (κ3) is 3.87. The maximum Gasteiger partial charge on any atom is 0.247 e. The molecule has 0 aromatic heterocycles. The van der Waals surface area contributed by atoms with Gasteiger partial charge in [-0.1, -0.05) is 42.5 Å². The molecule has 0 saturated carbocycles. The Balaban J connectivity index is 2.31. The van der Waals surface area contributed by atoms with Crippen LogP contribution in [-0.2, 0) is 11.2 Å². The lowest BCUT2D eigenvalue weighted by Crippen LogP contribution is -2.16. The highest BCUT2D eigenvalue weighted by atomic mass is 16.5. The van der Waals surface area contributed by atoms with Crippen LogP contribution in [0, 0.1) is 0 Å². The summed E-state index contributed by atoms with van der Waals surface area (Å²) in [4.78, 5) is 10.6. The van der Waals surface area contributed by atoms with Crippen molar-refractivity contribution in [1.29, 1.82) is 0 Å². The van der Waals surface area contributed by atoms with Crippen molar-refractivity contribution in [3.63, 3.8) is 0 Å². The third-order valence-electron chi connectivity index (χ3n) is 1.79. The summed E-state index contributed by atoms with van der Waals surface area (Å²) < 4.78 is 0. The molecular weight excluding hydrogens is 178 g/mol. The van der Waals surface area contributed by atoms with Crippen LogP contribution in [0.4, 0.5) is 0 Å². The normalized spacial score (nSPS) is 10.4. The SMILES string of the molecule is O=C(C/C=C/Cc1ccccc1)NO. The molecule has 0 heterocycles. The first-order valence-electron chi connectivity index (χ1n) is 4.45. The van der Waals surface area contributed by atoms with Crippen LogP contribution in [0.25, 0.3) is 0 Å². The zero-order chi connectivity index (χ0) is 10.2. The van der Waals surface area contributed by atoms with Crippen LogP contribution in [0.5, 0.6) is 0 Å². The van der Waals surface area contributed by atoms with Crippen molar-refractivity contribution in [2.24, 2.45) is 0 Å². The van der Waals surface area contributed by atoms with Crippen molar-refractivity contribution < 1.29 is 10.0 Å². The predicted octanol–water partition coefficient (Wildman–Crippen LogP) is 1.68. The molecule has 2 N–H and O–H groups in total. The van der Waals surface area contributed by atoms with Crippen molar-refractivity contribution in [3.8, 4) is 0 Å². The minimum absolute atomic E-state index is 0.212. The number of rotatable bonds is 4. The first-order valence-corrected chi connectivity index (χ1v) is 4.45. The van der Waals surface area contributed by atoms with Gasteiger partial charge in [-0.05, 0) is 12.0 Å². The van der Waals surface area contributed by atoms with E-state index in [4.69, 9.17) is 5.21 Å². The number of amides is 1. The maximum absolute atomic E-state index is 10.6. The third-order valence-corrected chi connectivity index (χ3v) is 1.79. The molecule has 0 aliphatic carbocycles. The molecule has 0 aliphatic heterocycles. The lowest BCUT2D eigenvalue weighted by molar-refractivity contribution is -0.128. The van der Waals surface area contributed by atoms with Crippen LogP contribution in [0.1, 0.15) is 12.0 Å². The zero-order valence-corrected chi connectivity index (χ0v) is 7.81. The first kappa shape index (κ1) is 10.5. The Morgan fingerprint density at radius 1 is 1.29 bits per heavy atom. The van der Waals surface area contributed by atoms with Crippen LogP contribution in [0.3, 0.4) is 0 Å². The molecular formula is C11H13NO2. The lowest BCUT2D eigenvalue weighted by Gasteiger charge is -1.94. The van der Waals surface area contributed by atoms with E-state index in [1.807, 2.05) is 36.4 Å². The fraction of sp³-hybridized carbons (Fsp3) is 0.182. The molecule has 0 atom stereocenters. The number of benzene rings is 1. The standard InChI is InChI=1S/C11H13NO2/c13-11(12-14)9-5-4-8-10-6-2-1-3-7-10/h1-7,14H,8-9H2,(H,12,13)/b5-4+. The van der Waals surface area contributed by atoms with Crippen LogP contribution in [-0.4, -0.2) is 11.1 Å². The zero-order valence-electron chi connectivity index (χ0n) is 7.81. The monoisotopic (exact) mass is 191 g/mol. The molecule has 1 aromatic carbocycles. The molecule has 1 amide bonds. The van der Waals surface area contributed by atoms with Crippen molar-refractivity contribution in [2.75, 3.05) is 0 Å². The van der Waals surface area contributed by atoms with E-state index in [1.54, 1.807) is 11.6 Å². The van der Waals surface area contributed by atoms with Gasteiger partial charge in [0, 0.05) is 6.42 Å². The summed E-state index contributed by atoms with van der Waals surface area (Å²) in [6, 6.07) is 9.96. The molecule has 0 radical (unpaired) electrons. The lowest BCUT2D eigenvalue weighted by atomic mass is 10.1. The number of carbonyl (C=O) groups is 1. The molecule has 0 unspecified atom stereocenters. The van der Waals surface area contributed by atoms with Crippen LogP contribution >= 0.6 is 0 Å². The molecule has 74 valence electrons. The van der Waals surface area contributed by atoms with E-state index in [0.717, 1.165) is 6.42 Å². The van der Waals surface area contributed by atoms with Crippen molar-refractivity contribution in [2.45, 2.75) is 12.8 Å². The largest absolute Gasteiger partial charge is 0.289 e. The Hall–Kier alpha value is -1.61. The highest BCUT2D eigenvalue weighted by molar-refractivity contribution is 5.76. The Morgan fingerprint density at radius 2 is 2.00 bits per heavy atom. The summed E-state index contributed by atoms with van der Waals surface area (Å²) in [5.41, 5.74) is 2.78. The van der Waals surface area contributed by atoms with Gasteiger partial charge in [-0.25, -0.2) is 5.48 Å². The summed E-state index contributed by atoms with van der Waals surface area (Å²) in [6.07, 6.45) is 4.66. The van der Waals surface area contributed by atoms with E-state index < -0.39 is 5.91 Å². The molecule has 3 nitrogen and oxygen atoms in total. The second-order valence-electron chi connectivity index (χ2n) is 2.90. The topological polar surface area (TPSA) is 49.3 Å². The minimum atomic E-state index is -0.394. The molecule has 3 heteroatoms. The van der Waals surface area contributed by atoms with Gasteiger partial charge in [-0.3, -0.25) is 10.0 Å². The Labute approximate surface area is 83.0 Å². The number of carbonyl (C=O) groups excluding carboxylic acids is 1.